The number of carbonyl (C=O) groups is 1. The second kappa shape index (κ2) is 17.5. The lowest BCUT2D eigenvalue weighted by atomic mass is 10.2. The molecule has 0 aliphatic rings. The van der Waals surface area contributed by atoms with Crippen LogP contribution >= 0.6 is 0 Å². The van der Waals surface area contributed by atoms with Gasteiger partial charge in [0.1, 0.15) is 0 Å². The van der Waals surface area contributed by atoms with Gasteiger partial charge < -0.3 is 0 Å². The molecule has 0 atom stereocenters. The highest BCUT2D eigenvalue weighted by Gasteiger charge is 1.95. The molecule has 0 saturated heterocycles. The van der Waals surface area contributed by atoms with E-state index in [9.17, 15) is 9.90 Å². The van der Waals surface area contributed by atoms with E-state index in [1.54, 1.807) is 0 Å². The normalized spacial score (nSPS) is 12.4. The van der Waals surface area contributed by atoms with E-state index in [-0.39, 0.29) is 6.42 Å². The number of allylic oxidation sites excluding steroid dienone is 8. The van der Waals surface area contributed by atoms with Crippen LogP contribution < -0.4 is 0 Å². The predicted molar refractivity (Wildman–Crippen MR) is 94.1 cm³/mol. The Bertz CT molecular complexity index is 362. The van der Waals surface area contributed by atoms with Crippen LogP contribution in [0.15, 0.2) is 48.6 Å². The molecule has 0 bridgehead atoms. The molecule has 0 aromatic heterocycles. The molecular formula is C20H31O2. The summed E-state index contributed by atoms with van der Waals surface area (Å²) < 4.78 is 0. The fourth-order valence-corrected chi connectivity index (χ4v) is 1.93. The molecule has 0 N–H and O–H groups in total. The smallest absolute Gasteiger partial charge is 0.247 e. The van der Waals surface area contributed by atoms with Gasteiger partial charge in [0.15, 0.2) is 0 Å². The summed E-state index contributed by atoms with van der Waals surface area (Å²) >= 11 is 0. The first-order valence-corrected chi connectivity index (χ1v) is 8.57. The van der Waals surface area contributed by atoms with Crippen molar-refractivity contribution < 1.29 is 9.90 Å². The predicted octanol–water partition coefficient (Wildman–Crippen LogP) is 6.09. The van der Waals surface area contributed by atoms with E-state index in [4.69, 9.17) is 0 Å². The molecule has 123 valence electrons. The number of hydrogen-bond donors (Lipinski definition) is 0. The van der Waals surface area contributed by atoms with Gasteiger partial charge >= 0.3 is 5.97 Å². The van der Waals surface area contributed by atoms with E-state index in [1.807, 2.05) is 6.08 Å². The minimum Gasteiger partial charge on any atom is -0.247 e. The average molecular weight is 303 g/mol. The van der Waals surface area contributed by atoms with Crippen molar-refractivity contribution in [2.75, 3.05) is 0 Å². The van der Waals surface area contributed by atoms with Gasteiger partial charge in [-0.3, -0.25) is 0 Å². The Morgan fingerprint density at radius 3 is 1.59 bits per heavy atom. The van der Waals surface area contributed by atoms with Crippen molar-refractivity contribution in [2.45, 2.75) is 71.1 Å². The highest BCUT2D eigenvalue weighted by Crippen LogP contribution is 2.01. The zero-order valence-corrected chi connectivity index (χ0v) is 14.0. The zero-order valence-electron chi connectivity index (χ0n) is 14.0. The zero-order chi connectivity index (χ0) is 16.3. The van der Waals surface area contributed by atoms with Crippen molar-refractivity contribution in [2.24, 2.45) is 0 Å². The fourth-order valence-electron chi connectivity index (χ4n) is 1.93. The lowest BCUT2D eigenvalue weighted by Crippen LogP contribution is -1.90. The van der Waals surface area contributed by atoms with Gasteiger partial charge in [0.2, 0.25) is 0 Å². The average Bonchev–Trinajstić information content (AvgIpc) is 2.50. The highest BCUT2D eigenvalue weighted by molar-refractivity contribution is 5.66. The molecule has 1 radical (unpaired) electrons. The molecule has 22 heavy (non-hydrogen) atoms. The minimum atomic E-state index is -0.962. The van der Waals surface area contributed by atoms with Crippen molar-refractivity contribution in [1.82, 2.24) is 0 Å². The molecule has 0 rings (SSSR count). The molecule has 0 saturated carbocycles. The summed E-state index contributed by atoms with van der Waals surface area (Å²) in [6.07, 6.45) is 27.0. The van der Waals surface area contributed by atoms with Crippen molar-refractivity contribution in [3.05, 3.63) is 48.6 Å². The lowest BCUT2D eigenvalue weighted by Gasteiger charge is -1.90. The maximum Gasteiger partial charge on any atom is 0.355 e. The molecule has 2 nitrogen and oxygen atoms in total. The third-order valence-corrected chi connectivity index (χ3v) is 3.21. The van der Waals surface area contributed by atoms with Crippen LogP contribution in [0.3, 0.4) is 0 Å². The molecule has 0 aromatic carbocycles. The number of unbranched alkanes of at least 4 members (excludes halogenated alkanes) is 4. The lowest BCUT2D eigenvalue weighted by molar-refractivity contribution is -0.143. The first-order valence-electron chi connectivity index (χ1n) is 8.57. The second-order valence-corrected chi connectivity index (χ2v) is 5.35. The van der Waals surface area contributed by atoms with E-state index in [2.05, 4.69) is 49.5 Å². The van der Waals surface area contributed by atoms with E-state index < -0.39 is 5.97 Å². The van der Waals surface area contributed by atoms with Gasteiger partial charge in [-0.25, -0.2) is 9.90 Å². The standard InChI is InChI=1S/C20H31O2/c1-2-3-4-5-6-7-8-9-10-11-12-13-14-15-16-17-18-19-20(21)22/h6-7,9-10,12-13,15-16H,2-5,8,11,14,17-19H2,1H3. The molecule has 0 aliphatic carbocycles. The van der Waals surface area contributed by atoms with Gasteiger partial charge in [-0.2, -0.15) is 0 Å². The molecule has 0 heterocycles. The van der Waals surface area contributed by atoms with Crippen molar-refractivity contribution in [3.8, 4) is 0 Å². The molecular weight excluding hydrogens is 272 g/mol. The Hall–Kier alpha value is -1.57. The Balaban J connectivity index is 3.40. The molecule has 0 aromatic rings. The molecule has 0 aliphatic heterocycles. The SMILES string of the molecule is CCCCCC=CCC=CCC=CCC=CCCCC([O])=O. The molecule has 0 spiro atoms. The summed E-state index contributed by atoms with van der Waals surface area (Å²) in [6.45, 7) is 2.23. The molecule has 2 heteroatoms. The number of rotatable bonds is 14. The van der Waals surface area contributed by atoms with E-state index >= 15 is 0 Å². The summed E-state index contributed by atoms with van der Waals surface area (Å²) in [5.74, 6) is -0.962. The Morgan fingerprint density at radius 1 is 0.682 bits per heavy atom. The summed E-state index contributed by atoms with van der Waals surface area (Å²) in [7, 11) is 0. The quantitative estimate of drug-likeness (QED) is 0.282. The fraction of sp³-hybridized carbons (Fsp3) is 0.550. The van der Waals surface area contributed by atoms with Gasteiger partial charge in [0, 0.05) is 0 Å². The van der Waals surface area contributed by atoms with Crippen molar-refractivity contribution >= 4 is 5.97 Å². The molecule has 0 unspecified atom stereocenters. The van der Waals surface area contributed by atoms with Crippen LogP contribution in [0.5, 0.6) is 0 Å². The van der Waals surface area contributed by atoms with E-state index in [0.29, 0.717) is 6.42 Å². The van der Waals surface area contributed by atoms with Crippen LogP contribution in [0.4, 0.5) is 0 Å². The first-order chi connectivity index (χ1) is 10.8. The van der Waals surface area contributed by atoms with Gasteiger partial charge in [0.05, 0.1) is 6.42 Å². The number of hydrogen-bond acceptors (Lipinski definition) is 1. The largest absolute Gasteiger partial charge is 0.355 e. The van der Waals surface area contributed by atoms with Gasteiger partial charge in [-0.15, -0.1) is 0 Å². The first kappa shape index (κ1) is 20.4. The van der Waals surface area contributed by atoms with Crippen molar-refractivity contribution in [1.29, 1.82) is 0 Å². The molecule has 0 amide bonds. The highest BCUT2D eigenvalue weighted by atomic mass is 16.4. The summed E-state index contributed by atoms with van der Waals surface area (Å²) in [4.78, 5) is 10.2. The number of carbonyl (C=O) groups excluding carboxylic acids is 1. The Labute approximate surface area is 136 Å². The van der Waals surface area contributed by atoms with E-state index in [0.717, 1.165) is 25.7 Å². The maximum atomic E-state index is 10.2. The summed E-state index contributed by atoms with van der Waals surface area (Å²) in [5, 5.41) is 10.2. The van der Waals surface area contributed by atoms with Gasteiger partial charge in [-0.05, 0) is 44.9 Å². The van der Waals surface area contributed by atoms with Crippen LogP contribution in [0.2, 0.25) is 0 Å². The van der Waals surface area contributed by atoms with Crippen LogP contribution in [0, 0.1) is 0 Å². The Kier molecular flexibility index (Phi) is 16.2. The summed E-state index contributed by atoms with van der Waals surface area (Å²) in [6, 6.07) is 0. The Morgan fingerprint density at radius 2 is 1.14 bits per heavy atom. The maximum absolute atomic E-state index is 10.2. The van der Waals surface area contributed by atoms with Crippen LogP contribution in [0.1, 0.15) is 71.1 Å². The van der Waals surface area contributed by atoms with Gasteiger partial charge in [-0.1, -0.05) is 68.4 Å². The van der Waals surface area contributed by atoms with Crippen LogP contribution in [-0.2, 0) is 9.90 Å². The van der Waals surface area contributed by atoms with Crippen LogP contribution in [0.25, 0.3) is 0 Å². The topological polar surface area (TPSA) is 37.0 Å². The van der Waals surface area contributed by atoms with Crippen molar-refractivity contribution in [3.63, 3.8) is 0 Å². The third kappa shape index (κ3) is 18.4. The van der Waals surface area contributed by atoms with Gasteiger partial charge in [0.25, 0.3) is 0 Å². The van der Waals surface area contributed by atoms with Crippen LogP contribution in [-0.4, -0.2) is 5.97 Å². The monoisotopic (exact) mass is 303 g/mol. The minimum absolute atomic E-state index is 0.151. The van der Waals surface area contributed by atoms with E-state index in [1.165, 1.54) is 25.7 Å². The second-order valence-electron chi connectivity index (χ2n) is 5.35. The molecule has 0 fully saturated rings. The summed E-state index contributed by atoms with van der Waals surface area (Å²) in [5.41, 5.74) is 0. The third-order valence-electron chi connectivity index (χ3n) is 3.21.